The van der Waals surface area contributed by atoms with Crippen molar-refractivity contribution in [1.82, 2.24) is 10.2 Å². The summed E-state index contributed by atoms with van der Waals surface area (Å²) in [5, 5.41) is 5.21. The van der Waals surface area contributed by atoms with Gasteiger partial charge in [0.05, 0.1) is 5.69 Å². The van der Waals surface area contributed by atoms with Gasteiger partial charge in [-0.2, -0.15) is 0 Å². The Morgan fingerprint density at radius 1 is 1.20 bits per heavy atom. The van der Waals surface area contributed by atoms with Crippen LogP contribution in [-0.2, 0) is 9.59 Å². The van der Waals surface area contributed by atoms with Gasteiger partial charge in [-0.05, 0) is 25.1 Å². The maximum absolute atomic E-state index is 13.4. The maximum atomic E-state index is 13.4. The lowest BCUT2D eigenvalue weighted by Gasteiger charge is -2.19. The van der Waals surface area contributed by atoms with Crippen LogP contribution in [-0.4, -0.2) is 42.9 Å². The Morgan fingerprint density at radius 3 is 2.80 bits per heavy atom. The first-order chi connectivity index (χ1) is 9.59. The Bertz CT molecular complexity index is 514. The van der Waals surface area contributed by atoms with E-state index in [1.807, 2.05) is 0 Å². The average molecular weight is 283 g/mol. The van der Waals surface area contributed by atoms with Crippen molar-refractivity contribution in [2.45, 2.75) is 6.42 Å². The van der Waals surface area contributed by atoms with Crippen LogP contribution in [0.1, 0.15) is 6.42 Å². The van der Waals surface area contributed by atoms with E-state index in [1.165, 1.54) is 17.0 Å². The Morgan fingerprint density at radius 2 is 2.00 bits per heavy atom. The Hall–Kier alpha value is -2.02. The predicted octanol–water partition coefficient (Wildman–Crippen LogP) is 0.725. The average Bonchev–Trinajstić information content (AvgIpc) is 2.72. The topological polar surface area (TPSA) is 61.4 Å². The van der Waals surface area contributed by atoms with Gasteiger partial charge in [0.25, 0.3) is 0 Å². The lowest BCUT2D eigenvalue weighted by atomic mass is 10.3. The van der Waals surface area contributed by atoms with E-state index in [1.54, 1.807) is 0 Å². The second-order valence-electron chi connectivity index (χ2n) is 4.45. The zero-order valence-electron chi connectivity index (χ0n) is 10.8. The van der Waals surface area contributed by atoms with E-state index in [-0.39, 0.29) is 5.69 Å². The molecule has 7 heteroatoms. The monoisotopic (exact) mass is 283 g/mol. The van der Waals surface area contributed by atoms with Crippen molar-refractivity contribution in [1.29, 1.82) is 0 Å². The molecule has 0 unspecified atom stereocenters. The lowest BCUT2D eigenvalue weighted by molar-refractivity contribution is -0.143. The highest BCUT2D eigenvalue weighted by molar-refractivity contribution is 6.39. The van der Waals surface area contributed by atoms with Crippen LogP contribution in [0.3, 0.4) is 0 Å². The van der Waals surface area contributed by atoms with Gasteiger partial charge >= 0.3 is 11.8 Å². The number of hydrogen-bond donors (Lipinski definition) is 2. The lowest BCUT2D eigenvalue weighted by Crippen LogP contribution is -2.41. The van der Waals surface area contributed by atoms with Crippen LogP contribution in [0.25, 0.3) is 0 Å². The standard InChI is InChI=1S/C13H15F2N3O2/c14-9-3-1-4-10(11(9)15)17-12(19)13(20)18-7-2-5-16-6-8-18/h1,3-4,16H,2,5-8H2,(H,17,19). The third kappa shape index (κ3) is 3.30. The molecular weight excluding hydrogens is 268 g/mol. The third-order valence-electron chi connectivity index (χ3n) is 3.02. The van der Waals surface area contributed by atoms with E-state index in [9.17, 15) is 18.4 Å². The zero-order chi connectivity index (χ0) is 14.5. The number of amides is 2. The van der Waals surface area contributed by atoms with E-state index in [0.717, 1.165) is 19.0 Å². The summed E-state index contributed by atoms with van der Waals surface area (Å²) >= 11 is 0. The molecule has 0 atom stereocenters. The van der Waals surface area contributed by atoms with Crippen molar-refractivity contribution in [2.75, 3.05) is 31.5 Å². The van der Waals surface area contributed by atoms with Crippen molar-refractivity contribution in [3.8, 4) is 0 Å². The van der Waals surface area contributed by atoms with E-state index in [4.69, 9.17) is 0 Å². The molecule has 1 aliphatic heterocycles. The number of halogens is 2. The highest BCUT2D eigenvalue weighted by Gasteiger charge is 2.23. The van der Waals surface area contributed by atoms with Gasteiger partial charge < -0.3 is 15.5 Å². The fourth-order valence-electron chi connectivity index (χ4n) is 1.97. The van der Waals surface area contributed by atoms with Gasteiger partial charge in [0, 0.05) is 19.6 Å². The molecule has 5 nitrogen and oxygen atoms in total. The molecule has 0 spiro atoms. The van der Waals surface area contributed by atoms with Gasteiger partial charge in [0.2, 0.25) is 0 Å². The molecule has 2 amide bonds. The summed E-state index contributed by atoms with van der Waals surface area (Å²) in [6.45, 7) is 2.26. The van der Waals surface area contributed by atoms with Gasteiger partial charge in [-0.3, -0.25) is 9.59 Å². The Kier molecular flexibility index (Phi) is 4.62. The first-order valence-corrected chi connectivity index (χ1v) is 6.34. The van der Waals surface area contributed by atoms with E-state index in [2.05, 4.69) is 10.6 Å². The highest BCUT2D eigenvalue weighted by Crippen LogP contribution is 2.16. The smallest absolute Gasteiger partial charge is 0.313 e. The van der Waals surface area contributed by atoms with Crippen molar-refractivity contribution in [2.24, 2.45) is 0 Å². The summed E-state index contributed by atoms with van der Waals surface area (Å²) in [6, 6.07) is 3.40. The molecule has 0 saturated carbocycles. The number of carbonyl (C=O) groups excluding carboxylic acids is 2. The summed E-state index contributed by atoms with van der Waals surface area (Å²) in [6.07, 6.45) is 0.743. The normalized spacial score (nSPS) is 15.6. The van der Waals surface area contributed by atoms with Crippen LogP contribution < -0.4 is 10.6 Å². The van der Waals surface area contributed by atoms with Crippen LogP contribution in [0.4, 0.5) is 14.5 Å². The quantitative estimate of drug-likeness (QED) is 0.747. The molecule has 1 fully saturated rings. The Labute approximate surface area is 114 Å². The molecule has 0 aliphatic carbocycles. The van der Waals surface area contributed by atoms with Crippen molar-refractivity contribution >= 4 is 17.5 Å². The van der Waals surface area contributed by atoms with Crippen LogP contribution >= 0.6 is 0 Å². The van der Waals surface area contributed by atoms with E-state index >= 15 is 0 Å². The van der Waals surface area contributed by atoms with Gasteiger partial charge in [-0.25, -0.2) is 8.78 Å². The first kappa shape index (κ1) is 14.4. The summed E-state index contributed by atoms with van der Waals surface area (Å²) in [7, 11) is 0. The van der Waals surface area contributed by atoms with Crippen molar-refractivity contribution in [3.63, 3.8) is 0 Å². The molecule has 108 valence electrons. The molecule has 20 heavy (non-hydrogen) atoms. The second-order valence-corrected chi connectivity index (χ2v) is 4.45. The number of rotatable bonds is 1. The van der Waals surface area contributed by atoms with Crippen LogP contribution in [0.2, 0.25) is 0 Å². The van der Waals surface area contributed by atoms with Gasteiger partial charge in [0.15, 0.2) is 11.6 Å². The molecule has 1 aliphatic rings. The minimum atomic E-state index is -1.17. The molecule has 2 N–H and O–H groups in total. The molecule has 0 bridgehead atoms. The van der Waals surface area contributed by atoms with Gasteiger partial charge in [-0.1, -0.05) is 6.07 Å². The van der Waals surface area contributed by atoms with E-state index < -0.39 is 23.4 Å². The van der Waals surface area contributed by atoms with Gasteiger partial charge in [-0.15, -0.1) is 0 Å². The number of carbonyl (C=O) groups is 2. The number of anilines is 1. The van der Waals surface area contributed by atoms with Crippen molar-refractivity contribution in [3.05, 3.63) is 29.8 Å². The minimum absolute atomic E-state index is 0.337. The molecular formula is C13H15F2N3O2. The fourth-order valence-corrected chi connectivity index (χ4v) is 1.97. The first-order valence-electron chi connectivity index (χ1n) is 6.34. The maximum Gasteiger partial charge on any atom is 0.313 e. The van der Waals surface area contributed by atoms with Crippen molar-refractivity contribution < 1.29 is 18.4 Å². The molecule has 1 aromatic rings. The van der Waals surface area contributed by atoms with E-state index in [0.29, 0.717) is 19.6 Å². The molecule has 0 radical (unpaired) electrons. The largest absolute Gasteiger partial charge is 0.333 e. The van der Waals surface area contributed by atoms with Crippen LogP contribution in [0.15, 0.2) is 18.2 Å². The minimum Gasteiger partial charge on any atom is -0.333 e. The molecule has 2 rings (SSSR count). The summed E-state index contributed by atoms with van der Waals surface area (Å²) in [5.74, 6) is -3.95. The fraction of sp³-hybridized carbons (Fsp3) is 0.385. The zero-order valence-corrected chi connectivity index (χ0v) is 10.8. The third-order valence-corrected chi connectivity index (χ3v) is 3.02. The highest BCUT2D eigenvalue weighted by atomic mass is 19.2. The molecule has 1 saturated heterocycles. The van der Waals surface area contributed by atoms with Crippen LogP contribution in [0, 0.1) is 11.6 Å². The number of nitrogens with one attached hydrogen (secondary N) is 2. The SMILES string of the molecule is O=C(Nc1cccc(F)c1F)C(=O)N1CCCNCC1. The number of hydrogen-bond acceptors (Lipinski definition) is 3. The second kappa shape index (κ2) is 6.42. The number of benzene rings is 1. The summed E-state index contributed by atoms with van der Waals surface area (Å²) in [4.78, 5) is 25.1. The molecule has 1 aromatic carbocycles. The molecule has 1 heterocycles. The van der Waals surface area contributed by atoms with Gasteiger partial charge in [0.1, 0.15) is 0 Å². The summed E-state index contributed by atoms with van der Waals surface area (Å²) in [5.41, 5.74) is -0.337. The number of nitrogens with zero attached hydrogens (tertiary/aromatic N) is 1. The van der Waals surface area contributed by atoms with Crippen LogP contribution in [0.5, 0.6) is 0 Å². The Balaban J connectivity index is 2.03. The molecule has 0 aromatic heterocycles. The predicted molar refractivity (Wildman–Crippen MR) is 69.1 cm³/mol. The summed E-state index contributed by atoms with van der Waals surface area (Å²) < 4.78 is 26.4.